The van der Waals surface area contributed by atoms with Gasteiger partial charge in [0, 0.05) is 4.47 Å². The van der Waals surface area contributed by atoms with E-state index in [1.165, 1.54) is 31.4 Å². The molecule has 5 nitrogen and oxygen atoms in total. The molecule has 120 valence electrons. The molecule has 2 aromatic rings. The molecular formula is C16H13BrFNO4. The van der Waals surface area contributed by atoms with E-state index in [-0.39, 0.29) is 17.0 Å². The summed E-state index contributed by atoms with van der Waals surface area (Å²) < 4.78 is 23.8. The van der Waals surface area contributed by atoms with Crippen LogP contribution < -0.4 is 10.1 Å². The van der Waals surface area contributed by atoms with E-state index in [2.05, 4.69) is 26.0 Å². The highest BCUT2D eigenvalue weighted by atomic mass is 79.9. The SMILES string of the molecule is COC(=O)c1cc(Br)ccc1NC(=O)COc1ccccc1F. The number of esters is 1. The third-order valence-electron chi connectivity index (χ3n) is 2.86. The van der Waals surface area contributed by atoms with E-state index in [9.17, 15) is 14.0 Å². The average molecular weight is 382 g/mol. The number of para-hydroxylation sites is 1. The maximum Gasteiger partial charge on any atom is 0.340 e. The quantitative estimate of drug-likeness (QED) is 0.806. The van der Waals surface area contributed by atoms with Crippen LogP contribution in [0, 0.1) is 5.82 Å². The normalized spacial score (nSPS) is 10.0. The topological polar surface area (TPSA) is 64.6 Å². The van der Waals surface area contributed by atoms with Gasteiger partial charge >= 0.3 is 5.97 Å². The second kappa shape index (κ2) is 7.73. The zero-order valence-electron chi connectivity index (χ0n) is 12.1. The van der Waals surface area contributed by atoms with E-state index >= 15 is 0 Å². The average Bonchev–Trinajstić information content (AvgIpc) is 2.55. The highest BCUT2D eigenvalue weighted by Gasteiger charge is 2.15. The molecule has 2 rings (SSSR count). The molecule has 0 aliphatic rings. The third-order valence-corrected chi connectivity index (χ3v) is 3.35. The van der Waals surface area contributed by atoms with Gasteiger partial charge in [-0.25, -0.2) is 9.18 Å². The number of ether oxygens (including phenoxy) is 2. The van der Waals surface area contributed by atoms with Crippen LogP contribution in [0.25, 0.3) is 0 Å². The number of nitrogens with one attached hydrogen (secondary N) is 1. The predicted octanol–water partition coefficient (Wildman–Crippen LogP) is 3.39. The van der Waals surface area contributed by atoms with Crippen LogP contribution in [-0.2, 0) is 9.53 Å². The number of benzene rings is 2. The first-order valence-corrected chi connectivity index (χ1v) is 7.35. The molecule has 0 aliphatic carbocycles. The molecule has 0 saturated heterocycles. The Bertz CT molecular complexity index is 736. The maximum atomic E-state index is 13.4. The Hall–Kier alpha value is -2.41. The van der Waals surface area contributed by atoms with Crippen molar-refractivity contribution in [3.8, 4) is 5.75 Å². The Kier molecular flexibility index (Phi) is 5.70. The molecular weight excluding hydrogens is 369 g/mol. The van der Waals surface area contributed by atoms with Gasteiger partial charge in [0.1, 0.15) is 0 Å². The fourth-order valence-corrected chi connectivity index (χ4v) is 2.16. The van der Waals surface area contributed by atoms with Crippen LogP contribution in [0.15, 0.2) is 46.9 Å². The fourth-order valence-electron chi connectivity index (χ4n) is 1.80. The standard InChI is InChI=1S/C16H13BrFNO4/c1-22-16(21)11-8-10(17)6-7-13(11)19-15(20)9-23-14-5-3-2-4-12(14)18/h2-8H,9H2,1H3,(H,19,20). The molecule has 0 bridgehead atoms. The van der Waals surface area contributed by atoms with Crippen LogP contribution in [0.3, 0.4) is 0 Å². The Morgan fingerprint density at radius 1 is 1.22 bits per heavy atom. The molecule has 0 heterocycles. The van der Waals surface area contributed by atoms with Crippen LogP contribution in [0.2, 0.25) is 0 Å². The van der Waals surface area contributed by atoms with Gasteiger partial charge in [0.15, 0.2) is 18.2 Å². The van der Waals surface area contributed by atoms with E-state index in [1.807, 2.05) is 0 Å². The predicted molar refractivity (Wildman–Crippen MR) is 86.0 cm³/mol. The van der Waals surface area contributed by atoms with Crippen molar-refractivity contribution in [3.05, 3.63) is 58.3 Å². The van der Waals surface area contributed by atoms with Crippen LogP contribution in [0.5, 0.6) is 5.75 Å². The zero-order chi connectivity index (χ0) is 16.8. The third kappa shape index (κ3) is 4.53. The number of carbonyl (C=O) groups excluding carboxylic acids is 2. The van der Waals surface area contributed by atoms with Gasteiger partial charge in [0.25, 0.3) is 5.91 Å². The Morgan fingerprint density at radius 3 is 2.65 bits per heavy atom. The molecule has 0 fully saturated rings. The minimum absolute atomic E-state index is 0.0216. The van der Waals surface area contributed by atoms with E-state index in [0.717, 1.165) is 0 Å². The molecule has 0 spiro atoms. The van der Waals surface area contributed by atoms with Gasteiger partial charge < -0.3 is 14.8 Å². The van der Waals surface area contributed by atoms with E-state index in [0.29, 0.717) is 4.47 Å². The molecule has 2 aromatic carbocycles. The summed E-state index contributed by atoms with van der Waals surface area (Å²) in [7, 11) is 1.25. The summed E-state index contributed by atoms with van der Waals surface area (Å²) in [5.74, 6) is -1.69. The molecule has 1 N–H and O–H groups in total. The van der Waals surface area contributed by atoms with Gasteiger partial charge in [0.05, 0.1) is 18.4 Å². The summed E-state index contributed by atoms with van der Waals surface area (Å²) >= 11 is 3.24. The molecule has 0 saturated carbocycles. The first-order chi connectivity index (χ1) is 11.0. The Labute approximate surface area is 140 Å². The summed E-state index contributed by atoms with van der Waals surface area (Å²) in [6.45, 7) is -0.391. The summed E-state index contributed by atoms with van der Waals surface area (Å²) in [4.78, 5) is 23.6. The lowest BCUT2D eigenvalue weighted by Gasteiger charge is -2.11. The largest absolute Gasteiger partial charge is 0.481 e. The van der Waals surface area contributed by atoms with Crippen molar-refractivity contribution >= 4 is 33.5 Å². The van der Waals surface area contributed by atoms with Crippen molar-refractivity contribution in [2.75, 3.05) is 19.0 Å². The fraction of sp³-hybridized carbons (Fsp3) is 0.125. The summed E-state index contributed by atoms with van der Waals surface area (Å²) in [6.07, 6.45) is 0. The number of anilines is 1. The zero-order valence-corrected chi connectivity index (χ0v) is 13.7. The highest BCUT2D eigenvalue weighted by molar-refractivity contribution is 9.10. The van der Waals surface area contributed by atoms with Crippen molar-refractivity contribution in [2.45, 2.75) is 0 Å². The number of hydrogen-bond donors (Lipinski definition) is 1. The van der Waals surface area contributed by atoms with E-state index < -0.39 is 24.3 Å². The van der Waals surface area contributed by atoms with Crippen LogP contribution in [0.4, 0.5) is 10.1 Å². The van der Waals surface area contributed by atoms with Crippen LogP contribution >= 0.6 is 15.9 Å². The number of halogens is 2. The second-order valence-electron chi connectivity index (χ2n) is 4.45. The summed E-state index contributed by atoms with van der Waals surface area (Å²) in [5, 5.41) is 2.53. The number of hydrogen-bond acceptors (Lipinski definition) is 4. The summed E-state index contributed by atoms with van der Waals surface area (Å²) in [6, 6.07) is 10.5. The second-order valence-corrected chi connectivity index (χ2v) is 5.36. The Balaban J connectivity index is 2.06. The highest BCUT2D eigenvalue weighted by Crippen LogP contribution is 2.22. The van der Waals surface area contributed by atoms with Gasteiger partial charge in [0.2, 0.25) is 0 Å². The first kappa shape index (κ1) is 17.0. The minimum atomic E-state index is -0.586. The van der Waals surface area contributed by atoms with Gasteiger partial charge in [-0.3, -0.25) is 4.79 Å². The van der Waals surface area contributed by atoms with Crippen molar-refractivity contribution in [2.24, 2.45) is 0 Å². The van der Waals surface area contributed by atoms with Crippen molar-refractivity contribution in [1.29, 1.82) is 0 Å². The lowest BCUT2D eigenvalue weighted by atomic mass is 10.2. The van der Waals surface area contributed by atoms with Crippen molar-refractivity contribution < 1.29 is 23.5 Å². The molecule has 7 heteroatoms. The molecule has 0 radical (unpaired) electrons. The smallest absolute Gasteiger partial charge is 0.340 e. The number of methoxy groups -OCH3 is 1. The monoisotopic (exact) mass is 381 g/mol. The van der Waals surface area contributed by atoms with E-state index in [4.69, 9.17) is 4.74 Å². The minimum Gasteiger partial charge on any atom is -0.481 e. The Morgan fingerprint density at radius 2 is 1.96 bits per heavy atom. The molecule has 23 heavy (non-hydrogen) atoms. The van der Waals surface area contributed by atoms with Crippen LogP contribution in [0.1, 0.15) is 10.4 Å². The van der Waals surface area contributed by atoms with Gasteiger partial charge in [-0.1, -0.05) is 28.1 Å². The van der Waals surface area contributed by atoms with E-state index in [1.54, 1.807) is 18.2 Å². The molecule has 1 amide bonds. The molecule has 0 aromatic heterocycles. The van der Waals surface area contributed by atoms with Gasteiger partial charge in [-0.15, -0.1) is 0 Å². The molecule has 0 aliphatic heterocycles. The lowest BCUT2D eigenvalue weighted by molar-refractivity contribution is -0.118. The molecule has 0 atom stereocenters. The first-order valence-electron chi connectivity index (χ1n) is 6.56. The van der Waals surface area contributed by atoms with Crippen molar-refractivity contribution in [3.63, 3.8) is 0 Å². The number of rotatable bonds is 5. The number of carbonyl (C=O) groups is 2. The maximum absolute atomic E-state index is 13.4. The van der Waals surface area contributed by atoms with Crippen molar-refractivity contribution in [1.82, 2.24) is 0 Å². The molecule has 0 unspecified atom stereocenters. The van der Waals surface area contributed by atoms with Gasteiger partial charge in [-0.2, -0.15) is 0 Å². The van der Waals surface area contributed by atoms with Gasteiger partial charge in [-0.05, 0) is 30.3 Å². The lowest BCUT2D eigenvalue weighted by Crippen LogP contribution is -2.22. The van der Waals surface area contributed by atoms with Crippen LogP contribution in [-0.4, -0.2) is 25.6 Å². The number of amides is 1. The summed E-state index contributed by atoms with van der Waals surface area (Å²) in [5.41, 5.74) is 0.475.